The molecule has 0 unspecified atom stereocenters. The van der Waals surface area contributed by atoms with Gasteiger partial charge in [0.15, 0.2) is 0 Å². The molecule has 0 atom stereocenters. The summed E-state index contributed by atoms with van der Waals surface area (Å²) >= 11 is 0. The summed E-state index contributed by atoms with van der Waals surface area (Å²) in [6.45, 7) is 4.09. The lowest BCUT2D eigenvalue weighted by atomic mass is 10.1. The van der Waals surface area contributed by atoms with Crippen molar-refractivity contribution in [2.75, 3.05) is 6.61 Å². The second kappa shape index (κ2) is 4.01. The molecule has 0 fully saturated rings. The lowest BCUT2D eigenvalue weighted by Gasteiger charge is -2.07. The van der Waals surface area contributed by atoms with Gasteiger partial charge in [0.05, 0.1) is 17.9 Å². The van der Waals surface area contributed by atoms with Crippen molar-refractivity contribution in [1.82, 2.24) is 4.98 Å². The van der Waals surface area contributed by atoms with Gasteiger partial charge in [0.25, 0.3) is 0 Å². The molecule has 3 nitrogen and oxygen atoms in total. The van der Waals surface area contributed by atoms with Crippen LogP contribution in [-0.4, -0.2) is 17.6 Å². The molecule has 0 N–H and O–H groups in total. The molecule has 0 spiro atoms. The minimum atomic E-state index is -0.253. The fourth-order valence-corrected chi connectivity index (χ4v) is 1.99. The number of pyridine rings is 1. The van der Waals surface area contributed by atoms with E-state index in [-0.39, 0.29) is 5.97 Å². The smallest absolute Gasteiger partial charge is 0.339 e. The van der Waals surface area contributed by atoms with E-state index in [0.717, 1.165) is 30.7 Å². The first-order valence-electron chi connectivity index (χ1n) is 5.39. The van der Waals surface area contributed by atoms with Gasteiger partial charge in [-0.05, 0) is 44.7 Å². The van der Waals surface area contributed by atoms with E-state index in [4.69, 9.17) is 4.74 Å². The molecule has 2 rings (SSSR count). The third-order valence-electron chi connectivity index (χ3n) is 2.74. The Morgan fingerprint density at radius 2 is 2.33 bits per heavy atom. The van der Waals surface area contributed by atoms with E-state index >= 15 is 0 Å². The van der Waals surface area contributed by atoms with E-state index < -0.39 is 0 Å². The molecule has 0 aromatic carbocycles. The summed E-state index contributed by atoms with van der Waals surface area (Å²) < 4.78 is 4.99. The van der Waals surface area contributed by atoms with Crippen LogP contribution in [0.15, 0.2) is 6.07 Å². The Morgan fingerprint density at radius 1 is 1.53 bits per heavy atom. The summed E-state index contributed by atoms with van der Waals surface area (Å²) in [4.78, 5) is 16.1. The summed E-state index contributed by atoms with van der Waals surface area (Å²) in [6, 6.07) is 1.95. The van der Waals surface area contributed by atoms with E-state index in [1.165, 1.54) is 5.56 Å². The van der Waals surface area contributed by atoms with Crippen LogP contribution in [0.3, 0.4) is 0 Å². The van der Waals surface area contributed by atoms with E-state index in [1.807, 2.05) is 19.9 Å². The molecule has 1 aromatic heterocycles. The van der Waals surface area contributed by atoms with E-state index in [9.17, 15) is 4.79 Å². The summed E-state index contributed by atoms with van der Waals surface area (Å²) in [5.41, 5.74) is 3.77. The lowest BCUT2D eigenvalue weighted by molar-refractivity contribution is 0.0525. The van der Waals surface area contributed by atoms with Crippen molar-refractivity contribution in [1.29, 1.82) is 0 Å². The van der Waals surface area contributed by atoms with Gasteiger partial charge >= 0.3 is 5.97 Å². The maximum atomic E-state index is 11.6. The van der Waals surface area contributed by atoms with Gasteiger partial charge in [-0.3, -0.25) is 4.98 Å². The Labute approximate surface area is 89.5 Å². The number of aryl methyl sites for hydroxylation is 3. The van der Waals surface area contributed by atoms with Gasteiger partial charge < -0.3 is 4.74 Å². The second-order valence-electron chi connectivity index (χ2n) is 3.80. The van der Waals surface area contributed by atoms with Crippen LogP contribution >= 0.6 is 0 Å². The molecule has 1 aromatic rings. The van der Waals surface area contributed by atoms with Crippen molar-refractivity contribution in [3.63, 3.8) is 0 Å². The Hall–Kier alpha value is -1.38. The normalized spacial score (nSPS) is 13.7. The Morgan fingerprint density at radius 3 is 3.07 bits per heavy atom. The number of nitrogens with zero attached hydrogens (tertiary/aromatic N) is 1. The molecule has 1 heterocycles. The molecule has 0 saturated carbocycles. The third kappa shape index (κ3) is 1.87. The lowest BCUT2D eigenvalue weighted by Crippen LogP contribution is -2.09. The fraction of sp³-hybridized carbons (Fsp3) is 0.500. The molecular weight excluding hydrogens is 190 g/mol. The number of ether oxygens (including phenoxy) is 1. The SMILES string of the molecule is CCOC(=O)c1cc2c(nc1C)CCC2. The highest BCUT2D eigenvalue weighted by Gasteiger charge is 2.18. The predicted octanol–water partition coefficient (Wildman–Crippen LogP) is 2.06. The molecule has 15 heavy (non-hydrogen) atoms. The second-order valence-corrected chi connectivity index (χ2v) is 3.80. The van der Waals surface area contributed by atoms with Gasteiger partial charge in [-0.2, -0.15) is 0 Å². The van der Waals surface area contributed by atoms with Crippen LogP contribution in [-0.2, 0) is 17.6 Å². The van der Waals surface area contributed by atoms with Crippen LogP contribution < -0.4 is 0 Å². The monoisotopic (exact) mass is 205 g/mol. The topological polar surface area (TPSA) is 39.2 Å². The van der Waals surface area contributed by atoms with Gasteiger partial charge in [-0.25, -0.2) is 4.79 Å². The van der Waals surface area contributed by atoms with Crippen LogP contribution in [0, 0.1) is 6.92 Å². The van der Waals surface area contributed by atoms with Crippen LogP contribution in [0.5, 0.6) is 0 Å². The third-order valence-corrected chi connectivity index (χ3v) is 2.74. The average molecular weight is 205 g/mol. The van der Waals surface area contributed by atoms with Gasteiger partial charge in [0, 0.05) is 5.69 Å². The standard InChI is InChI=1S/C12H15NO2/c1-3-15-12(14)10-7-9-5-4-6-11(9)13-8(10)2/h7H,3-6H2,1-2H3. The van der Waals surface area contributed by atoms with E-state index in [0.29, 0.717) is 12.2 Å². The Balaban J connectivity index is 2.36. The zero-order valence-corrected chi connectivity index (χ0v) is 9.17. The van der Waals surface area contributed by atoms with Gasteiger partial charge in [-0.15, -0.1) is 0 Å². The summed E-state index contributed by atoms with van der Waals surface area (Å²) in [6.07, 6.45) is 3.22. The quantitative estimate of drug-likeness (QED) is 0.694. The molecule has 1 aliphatic carbocycles. The molecule has 0 saturated heterocycles. The molecule has 80 valence electrons. The van der Waals surface area contributed by atoms with Gasteiger partial charge in [-0.1, -0.05) is 0 Å². The number of carbonyl (C=O) groups excluding carboxylic acids is 1. The molecule has 0 amide bonds. The zero-order chi connectivity index (χ0) is 10.8. The Bertz CT molecular complexity index is 399. The number of esters is 1. The molecule has 3 heteroatoms. The summed E-state index contributed by atoms with van der Waals surface area (Å²) in [7, 11) is 0. The highest BCUT2D eigenvalue weighted by Crippen LogP contribution is 2.22. The van der Waals surface area contributed by atoms with Crippen molar-refractivity contribution in [2.24, 2.45) is 0 Å². The highest BCUT2D eigenvalue weighted by molar-refractivity contribution is 5.90. The first kappa shape index (κ1) is 10.1. The minimum absolute atomic E-state index is 0.253. The molecule has 0 radical (unpaired) electrons. The van der Waals surface area contributed by atoms with Crippen LogP contribution in [0.1, 0.15) is 40.7 Å². The molecule has 0 bridgehead atoms. The number of hydrogen-bond donors (Lipinski definition) is 0. The van der Waals surface area contributed by atoms with Gasteiger partial charge in [0.1, 0.15) is 0 Å². The highest BCUT2D eigenvalue weighted by atomic mass is 16.5. The van der Waals surface area contributed by atoms with E-state index in [2.05, 4.69) is 4.98 Å². The predicted molar refractivity (Wildman–Crippen MR) is 57.0 cm³/mol. The summed E-state index contributed by atoms with van der Waals surface area (Å²) in [5, 5.41) is 0. The van der Waals surface area contributed by atoms with Crippen molar-refractivity contribution in [2.45, 2.75) is 33.1 Å². The largest absolute Gasteiger partial charge is 0.462 e. The average Bonchev–Trinajstić information content (AvgIpc) is 2.63. The maximum Gasteiger partial charge on any atom is 0.339 e. The van der Waals surface area contributed by atoms with Crippen molar-refractivity contribution in [3.8, 4) is 0 Å². The van der Waals surface area contributed by atoms with Crippen LogP contribution in [0.4, 0.5) is 0 Å². The first-order valence-corrected chi connectivity index (χ1v) is 5.39. The Kier molecular flexibility index (Phi) is 2.71. The van der Waals surface area contributed by atoms with Crippen molar-refractivity contribution in [3.05, 3.63) is 28.6 Å². The van der Waals surface area contributed by atoms with Gasteiger partial charge in [0.2, 0.25) is 0 Å². The molecule has 1 aliphatic rings. The summed E-state index contributed by atoms with van der Waals surface area (Å²) in [5.74, 6) is -0.253. The number of rotatable bonds is 2. The maximum absolute atomic E-state index is 11.6. The van der Waals surface area contributed by atoms with Crippen molar-refractivity contribution < 1.29 is 9.53 Å². The van der Waals surface area contributed by atoms with Crippen LogP contribution in [0.25, 0.3) is 0 Å². The first-order chi connectivity index (χ1) is 7.22. The van der Waals surface area contributed by atoms with Crippen LogP contribution in [0.2, 0.25) is 0 Å². The molecule has 0 aliphatic heterocycles. The number of aromatic nitrogens is 1. The minimum Gasteiger partial charge on any atom is -0.462 e. The fourth-order valence-electron chi connectivity index (χ4n) is 1.99. The molecular formula is C12H15NO2. The zero-order valence-electron chi connectivity index (χ0n) is 9.17. The van der Waals surface area contributed by atoms with Crippen molar-refractivity contribution >= 4 is 5.97 Å². The number of fused-ring (bicyclic) bond motifs is 1. The number of hydrogen-bond acceptors (Lipinski definition) is 3. The number of carbonyl (C=O) groups is 1. The van der Waals surface area contributed by atoms with E-state index in [1.54, 1.807) is 0 Å².